The van der Waals surface area contributed by atoms with Crippen LogP contribution in [0, 0.1) is 5.92 Å². The third-order valence-electron chi connectivity index (χ3n) is 5.44. The molecule has 2 aromatic rings. The quantitative estimate of drug-likeness (QED) is 0.664. The number of pyridine rings is 1. The van der Waals surface area contributed by atoms with E-state index in [1.54, 1.807) is 18.3 Å². The van der Waals surface area contributed by atoms with E-state index in [9.17, 15) is 13.2 Å². The van der Waals surface area contributed by atoms with Gasteiger partial charge in [-0.05, 0) is 65.9 Å². The molecule has 150 valence electrons. The Balaban J connectivity index is 1.50. The first-order chi connectivity index (χ1) is 13.5. The molecule has 9 heteroatoms. The van der Waals surface area contributed by atoms with E-state index >= 15 is 0 Å². The molecular weight excluding hydrogens is 462 g/mol. The normalized spacial score (nSPS) is 23.8. The van der Waals surface area contributed by atoms with Crippen LogP contribution in [0.3, 0.4) is 0 Å². The van der Waals surface area contributed by atoms with Gasteiger partial charge in [-0.25, -0.2) is 8.42 Å². The molecule has 1 amide bonds. The number of piperidine rings is 1. The van der Waals surface area contributed by atoms with E-state index in [4.69, 9.17) is 0 Å². The van der Waals surface area contributed by atoms with Gasteiger partial charge in [-0.15, -0.1) is 11.3 Å². The molecule has 4 rings (SSSR count). The SMILES string of the molecule is O=C(C1CCCN(S(=O)(=O)c2ccc(Br)s2)C1)N1CCCC1c1ccccn1. The molecule has 4 heterocycles. The summed E-state index contributed by atoms with van der Waals surface area (Å²) in [5, 5.41) is 0. The average molecular weight is 484 g/mol. The lowest BCUT2D eigenvalue weighted by Crippen LogP contribution is -2.46. The van der Waals surface area contributed by atoms with Crippen LogP contribution in [0.4, 0.5) is 0 Å². The minimum Gasteiger partial charge on any atom is -0.334 e. The largest absolute Gasteiger partial charge is 0.334 e. The van der Waals surface area contributed by atoms with E-state index in [1.165, 1.54) is 15.6 Å². The van der Waals surface area contributed by atoms with E-state index in [0.717, 1.165) is 28.7 Å². The first kappa shape index (κ1) is 20.0. The van der Waals surface area contributed by atoms with Crippen LogP contribution in [0.25, 0.3) is 0 Å². The number of likely N-dealkylation sites (tertiary alicyclic amines) is 1. The van der Waals surface area contributed by atoms with Gasteiger partial charge < -0.3 is 4.90 Å². The summed E-state index contributed by atoms with van der Waals surface area (Å²) in [4.78, 5) is 19.6. The smallest absolute Gasteiger partial charge is 0.252 e. The zero-order chi connectivity index (χ0) is 19.7. The maximum Gasteiger partial charge on any atom is 0.252 e. The van der Waals surface area contributed by atoms with Crippen molar-refractivity contribution in [3.63, 3.8) is 0 Å². The summed E-state index contributed by atoms with van der Waals surface area (Å²) in [6, 6.07) is 9.13. The molecule has 28 heavy (non-hydrogen) atoms. The number of sulfonamides is 1. The highest BCUT2D eigenvalue weighted by molar-refractivity contribution is 9.11. The lowest BCUT2D eigenvalue weighted by molar-refractivity contribution is -0.137. The molecule has 2 aliphatic rings. The molecule has 6 nitrogen and oxygen atoms in total. The fourth-order valence-corrected chi connectivity index (χ4v) is 7.76. The van der Waals surface area contributed by atoms with E-state index in [-0.39, 0.29) is 24.4 Å². The standard InChI is InChI=1S/C19H22BrN3O3S2/c20-17-8-9-18(27-17)28(25,26)22-11-3-5-14(13-22)19(24)23-12-4-7-16(23)15-6-1-2-10-21-15/h1-2,6,8-10,14,16H,3-5,7,11-13H2. The third-order valence-corrected chi connectivity index (χ3v) is 9.40. The number of carbonyl (C=O) groups excluding carboxylic acids is 1. The van der Waals surface area contributed by atoms with Gasteiger partial charge in [0.1, 0.15) is 4.21 Å². The van der Waals surface area contributed by atoms with Gasteiger partial charge in [-0.1, -0.05) is 6.07 Å². The zero-order valence-corrected chi connectivity index (χ0v) is 18.5. The molecule has 0 saturated carbocycles. The van der Waals surface area contributed by atoms with Gasteiger partial charge in [-0.2, -0.15) is 4.31 Å². The van der Waals surface area contributed by atoms with Crippen LogP contribution in [0.1, 0.15) is 37.4 Å². The Kier molecular flexibility index (Phi) is 5.87. The molecule has 0 aromatic carbocycles. The summed E-state index contributed by atoms with van der Waals surface area (Å²) < 4.78 is 28.5. The Morgan fingerprint density at radius 3 is 2.68 bits per heavy atom. The van der Waals surface area contributed by atoms with Crippen molar-refractivity contribution in [2.24, 2.45) is 5.92 Å². The Morgan fingerprint density at radius 1 is 1.14 bits per heavy atom. The number of amides is 1. The molecule has 0 N–H and O–H groups in total. The van der Waals surface area contributed by atoms with Gasteiger partial charge in [0.15, 0.2) is 0 Å². The molecule has 0 radical (unpaired) electrons. The number of carbonyl (C=O) groups is 1. The first-order valence-corrected chi connectivity index (χ1v) is 12.5. The number of hydrogen-bond donors (Lipinski definition) is 0. The molecule has 2 saturated heterocycles. The van der Waals surface area contributed by atoms with Crippen LogP contribution < -0.4 is 0 Å². The number of halogens is 1. The van der Waals surface area contributed by atoms with Gasteiger partial charge in [-0.3, -0.25) is 9.78 Å². The minimum absolute atomic E-state index is 0.00562. The van der Waals surface area contributed by atoms with Crippen molar-refractivity contribution >= 4 is 43.2 Å². The average Bonchev–Trinajstić information content (AvgIpc) is 3.38. The zero-order valence-electron chi connectivity index (χ0n) is 15.3. The van der Waals surface area contributed by atoms with E-state index in [0.29, 0.717) is 23.7 Å². The Bertz CT molecular complexity index is 948. The Morgan fingerprint density at radius 2 is 1.96 bits per heavy atom. The van der Waals surface area contributed by atoms with Gasteiger partial charge in [0.05, 0.1) is 21.4 Å². The van der Waals surface area contributed by atoms with Crippen molar-refractivity contribution in [3.8, 4) is 0 Å². The van der Waals surface area contributed by atoms with Crippen molar-refractivity contribution in [1.29, 1.82) is 0 Å². The Labute approximate surface area is 177 Å². The number of thiophene rings is 1. The second-order valence-corrected chi connectivity index (χ2v) is 11.8. The van der Waals surface area contributed by atoms with Crippen LogP contribution in [0.2, 0.25) is 0 Å². The number of rotatable bonds is 4. The third kappa shape index (κ3) is 3.90. The van der Waals surface area contributed by atoms with Crippen LogP contribution >= 0.6 is 27.3 Å². The van der Waals surface area contributed by atoms with Gasteiger partial charge in [0, 0.05) is 25.8 Å². The Hall–Kier alpha value is -1.29. The number of hydrogen-bond acceptors (Lipinski definition) is 5. The summed E-state index contributed by atoms with van der Waals surface area (Å²) in [6.45, 7) is 1.43. The molecule has 2 aromatic heterocycles. The summed E-state index contributed by atoms with van der Waals surface area (Å²) in [7, 11) is -3.56. The molecule has 2 unspecified atom stereocenters. The lowest BCUT2D eigenvalue weighted by atomic mass is 9.97. The van der Waals surface area contributed by atoms with E-state index in [2.05, 4.69) is 20.9 Å². The highest BCUT2D eigenvalue weighted by Crippen LogP contribution is 2.35. The number of aromatic nitrogens is 1. The van der Waals surface area contributed by atoms with Crippen molar-refractivity contribution in [2.45, 2.75) is 35.9 Å². The van der Waals surface area contributed by atoms with Crippen LogP contribution in [0.5, 0.6) is 0 Å². The molecule has 0 spiro atoms. The van der Waals surface area contributed by atoms with Crippen LogP contribution in [-0.2, 0) is 14.8 Å². The molecule has 2 atom stereocenters. The first-order valence-electron chi connectivity index (χ1n) is 9.44. The predicted molar refractivity (Wildman–Crippen MR) is 111 cm³/mol. The van der Waals surface area contributed by atoms with Crippen molar-refractivity contribution in [1.82, 2.24) is 14.2 Å². The number of nitrogens with zero attached hydrogens (tertiary/aromatic N) is 3. The second kappa shape index (κ2) is 8.22. The van der Waals surface area contributed by atoms with Crippen LogP contribution in [0.15, 0.2) is 44.5 Å². The van der Waals surface area contributed by atoms with Crippen molar-refractivity contribution in [2.75, 3.05) is 19.6 Å². The molecule has 0 aliphatic carbocycles. The predicted octanol–water partition coefficient (Wildman–Crippen LogP) is 3.67. The van der Waals surface area contributed by atoms with Gasteiger partial charge in [0.25, 0.3) is 10.0 Å². The van der Waals surface area contributed by atoms with Gasteiger partial charge >= 0.3 is 0 Å². The highest BCUT2D eigenvalue weighted by atomic mass is 79.9. The molecule has 0 bridgehead atoms. The van der Waals surface area contributed by atoms with Gasteiger partial charge in [0.2, 0.25) is 5.91 Å². The second-order valence-electron chi connectivity index (χ2n) is 7.21. The van der Waals surface area contributed by atoms with E-state index < -0.39 is 10.0 Å². The fourth-order valence-electron chi connectivity index (χ4n) is 4.07. The van der Waals surface area contributed by atoms with Crippen molar-refractivity contribution < 1.29 is 13.2 Å². The summed E-state index contributed by atoms with van der Waals surface area (Å²) in [6.07, 6.45) is 5.03. The molecular formula is C19H22BrN3O3S2. The highest BCUT2D eigenvalue weighted by Gasteiger charge is 2.39. The van der Waals surface area contributed by atoms with E-state index in [1.807, 2.05) is 23.1 Å². The summed E-state index contributed by atoms with van der Waals surface area (Å²) >= 11 is 4.53. The maximum atomic E-state index is 13.3. The summed E-state index contributed by atoms with van der Waals surface area (Å²) in [5.74, 6) is -0.239. The van der Waals surface area contributed by atoms with Crippen molar-refractivity contribution in [3.05, 3.63) is 46.0 Å². The molecule has 2 aliphatic heterocycles. The lowest BCUT2D eigenvalue weighted by Gasteiger charge is -2.34. The topological polar surface area (TPSA) is 70.6 Å². The molecule has 2 fully saturated rings. The monoisotopic (exact) mass is 483 g/mol. The van der Waals surface area contributed by atoms with Crippen LogP contribution in [-0.4, -0.2) is 48.1 Å². The minimum atomic E-state index is -3.56. The summed E-state index contributed by atoms with van der Waals surface area (Å²) in [5.41, 5.74) is 0.914. The maximum absolute atomic E-state index is 13.3. The fraction of sp³-hybridized carbons (Fsp3) is 0.474.